The number of benzene rings is 1. The van der Waals surface area contributed by atoms with Crippen LogP contribution in [0, 0.1) is 5.92 Å². The second kappa shape index (κ2) is 6.92. The van der Waals surface area contributed by atoms with Crippen molar-refractivity contribution in [3.63, 3.8) is 0 Å². The Morgan fingerprint density at radius 1 is 1.37 bits per heavy atom. The predicted octanol–water partition coefficient (Wildman–Crippen LogP) is 3.36. The van der Waals surface area contributed by atoms with E-state index in [-0.39, 0.29) is 5.97 Å². The minimum atomic E-state index is -0.842. The molecule has 0 aliphatic carbocycles. The number of ether oxygens (including phenoxy) is 1. The summed E-state index contributed by atoms with van der Waals surface area (Å²) in [5, 5.41) is 3.95. The van der Waals surface area contributed by atoms with Crippen molar-refractivity contribution in [3.05, 3.63) is 34.9 Å². The number of hydrogen-bond donors (Lipinski definition) is 1. The fourth-order valence-corrected chi connectivity index (χ4v) is 1.88. The van der Waals surface area contributed by atoms with Gasteiger partial charge >= 0.3 is 5.97 Å². The molecule has 0 saturated carbocycles. The Balaban J connectivity index is 3.03. The molecular formula is C15H22ClNO2. The Kier molecular flexibility index (Phi) is 5.83. The Bertz CT molecular complexity index is 417. The summed E-state index contributed by atoms with van der Waals surface area (Å²) in [5.74, 6) is 0.180. The zero-order valence-electron chi connectivity index (χ0n) is 12.0. The van der Waals surface area contributed by atoms with Gasteiger partial charge in [-0.15, -0.1) is 0 Å². The second-order valence-corrected chi connectivity index (χ2v) is 5.56. The molecule has 1 unspecified atom stereocenters. The van der Waals surface area contributed by atoms with E-state index in [0.29, 0.717) is 17.5 Å². The highest BCUT2D eigenvalue weighted by Gasteiger charge is 2.36. The Hall–Kier alpha value is -1.06. The molecule has 0 saturated heterocycles. The number of halogens is 1. The maximum absolute atomic E-state index is 12.2. The van der Waals surface area contributed by atoms with Crippen LogP contribution in [-0.4, -0.2) is 19.1 Å². The first-order valence-electron chi connectivity index (χ1n) is 6.58. The van der Waals surface area contributed by atoms with Gasteiger partial charge in [-0.3, -0.25) is 5.32 Å². The summed E-state index contributed by atoms with van der Waals surface area (Å²) in [6.07, 6.45) is 0. The number of carbonyl (C=O) groups is 1. The van der Waals surface area contributed by atoms with Crippen LogP contribution in [0.15, 0.2) is 24.3 Å². The van der Waals surface area contributed by atoms with Gasteiger partial charge in [-0.05, 0) is 44.0 Å². The van der Waals surface area contributed by atoms with Crippen LogP contribution < -0.4 is 5.32 Å². The number of esters is 1. The molecule has 0 radical (unpaired) electrons. The molecule has 0 amide bonds. The molecule has 1 atom stereocenters. The molecule has 3 nitrogen and oxygen atoms in total. The van der Waals surface area contributed by atoms with E-state index in [2.05, 4.69) is 19.2 Å². The highest BCUT2D eigenvalue weighted by Crippen LogP contribution is 2.24. The molecular weight excluding hydrogens is 262 g/mol. The van der Waals surface area contributed by atoms with Crippen molar-refractivity contribution in [2.24, 2.45) is 5.92 Å². The molecule has 19 heavy (non-hydrogen) atoms. The van der Waals surface area contributed by atoms with Crippen molar-refractivity contribution < 1.29 is 9.53 Å². The molecule has 1 aromatic carbocycles. The summed E-state index contributed by atoms with van der Waals surface area (Å²) < 4.78 is 5.19. The van der Waals surface area contributed by atoms with Crippen LogP contribution in [0.1, 0.15) is 33.3 Å². The molecule has 1 rings (SSSR count). The van der Waals surface area contributed by atoms with Gasteiger partial charge in [-0.25, -0.2) is 4.79 Å². The van der Waals surface area contributed by atoms with Crippen LogP contribution >= 0.6 is 11.6 Å². The highest BCUT2D eigenvalue weighted by atomic mass is 35.5. The maximum Gasteiger partial charge on any atom is 0.330 e. The summed E-state index contributed by atoms with van der Waals surface area (Å²) in [6, 6.07) is 7.27. The Labute approximate surface area is 120 Å². The third-order valence-electron chi connectivity index (χ3n) is 2.97. The van der Waals surface area contributed by atoms with Gasteiger partial charge in [-0.2, -0.15) is 0 Å². The van der Waals surface area contributed by atoms with Crippen molar-refractivity contribution >= 4 is 17.6 Å². The smallest absolute Gasteiger partial charge is 0.330 e. The monoisotopic (exact) mass is 283 g/mol. The van der Waals surface area contributed by atoms with E-state index < -0.39 is 5.54 Å². The molecule has 0 fully saturated rings. The lowest BCUT2D eigenvalue weighted by Gasteiger charge is -2.30. The van der Waals surface area contributed by atoms with E-state index in [0.717, 1.165) is 12.1 Å². The average molecular weight is 284 g/mol. The fourth-order valence-electron chi connectivity index (χ4n) is 1.76. The van der Waals surface area contributed by atoms with E-state index in [1.165, 1.54) is 0 Å². The first kappa shape index (κ1) is 16.0. The van der Waals surface area contributed by atoms with Crippen LogP contribution in [0.3, 0.4) is 0 Å². The quantitative estimate of drug-likeness (QED) is 0.814. The molecule has 0 heterocycles. The van der Waals surface area contributed by atoms with E-state index in [1.54, 1.807) is 12.1 Å². The van der Waals surface area contributed by atoms with Gasteiger partial charge in [0, 0.05) is 5.02 Å². The molecule has 4 heteroatoms. The van der Waals surface area contributed by atoms with Crippen LogP contribution in [0.25, 0.3) is 0 Å². The number of hydrogen-bond acceptors (Lipinski definition) is 3. The number of rotatable bonds is 6. The molecule has 1 aromatic rings. The number of nitrogens with one attached hydrogen (secondary N) is 1. The third-order valence-corrected chi connectivity index (χ3v) is 3.22. The second-order valence-electron chi connectivity index (χ2n) is 5.13. The summed E-state index contributed by atoms with van der Waals surface area (Å²) >= 11 is 5.89. The summed E-state index contributed by atoms with van der Waals surface area (Å²) in [6.45, 7) is 8.95. The van der Waals surface area contributed by atoms with Gasteiger partial charge in [0.1, 0.15) is 5.54 Å². The molecule has 0 aliphatic rings. The van der Waals surface area contributed by atoms with Crippen molar-refractivity contribution in [2.75, 3.05) is 13.2 Å². The van der Waals surface area contributed by atoms with Gasteiger partial charge in [0.25, 0.3) is 0 Å². The van der Waals surface area contributed by atoms with Crippen molar-refractivity contribution in [1.82, 2.24) is 5.32 Å². The van der Waals surface area contributed by atoms with Crippen LogP contribution in [0.4, 0.5) is 0 Å². The fraction of sp³-hybridized carbons (Fsp3) is 0.533. The molecule has 106 valence electrons. The lowest BCUT2D eigenvalue weighted by Crippen LogP contribution is -2.49. The zero-order chi connectivity index (χ0) is 14.5. The molecule has 0 spiro atoms. The van der Waals surface area contributed by atoms with Gasteiger partial charge in [-0.1, -0.05) is 37.6 Å². The normalized spacial score (nSPS) is 14.2. The largest absolute Gasteiger partial charge is 0.464 e. The van der Waals surface area contributed by atoms with E-state index in [4.69, 9.17) is 16.3 Å². The van der Waals surface area contributed by atoms with Crippen molar-refractivity contribution in [2.45, 2.75) is 33.2 Å². The van der Waals surface area contributed by atoms with Crippen molar-refractivity contribution in [1.29, 1.82) is 0 Å². The average Bonchev–Trinajstić information content (AvgIpc) is 2.37. The lowest BCUT2D eigenvalue weighted by atomic mass is 9.91. The summed E-state index contributed by atoms with van der Waals surface area (Å²) in [5.41, 5.74) is 0.0150. The number of carbonyl (C=O) groups excluding carboxylic acids is 1. The van der Waals surface area contributed by atoms with Crippen LogP contribution in [-0.2, 0) is 15.1 Å². The van der Waals surface area contributed by atoms with E-state index in [9.17, 15) is 4.79 Å². The van der Waals surface area contributed by atoms with Crippen LogP contribution in [0.2, 0.25) is 5.02 Å². The SMILES string of the molecule is CCOC(=O)C(C)(NCC(C)C)c1ccc(Cl)cc1. The zero-order valence-corrected chi connectivity index (χ0v) is 12.8. The maximum atomic E-state index is 12.2. The van der Waals surface area contributed by atoms with E-state index in [1.807, 2.05) is 26.0 Å². The summed E-state index contributed by atoms with van der Waals surface area (Å²) in [4.78, 5) is 12.2. The third kappa shape index (κ3) is 4.22. The minimum Gasteiger partial charge on any atom is -0.464 e. The van der Waals surface area contributed by atoms with E-state index >= 15 is 0 Å². The summed E-state index contributed by atoms with van der Waals surface area (Å²) in [7, 11) is 0. The van der Waals surface area contributed by atoms with Gasteiger partial charge in [0.2, 0.25) is 0 Å². The molecule has 0 aliphatic heterocycles. The highest BCUT2D eigenvalue weighted by molar-refractivity contribution is 6.30. The van der Waals surface area contributed by atoms with Gasteiger partial charge in [0.15, 0.2) is 0 Å². The first-order valence-corrected chi connectivity index (χ1v) is 6.96. The van der Waals surface area contributed by atoms with Crippen molar-refractivity contribution in [3.8, 4) is 0 Å². The van der Waals surface area contributed by atoms with Gasteiger partial charge in [0.05, 0.1) is 6.61 Å². The minimum absolute atomic E-state index is 0.266. The molecule has 1 N–H and O–H groups in total. The predicted molar refractivity (Wildman–Crippen MR) is 78.3 cm³/mol. The molecule has 0 bridgehead atoms. The Morgan fingerprint density at radius 2 is 1.95 bits per heavy atom. The Morgan fingerprint density at radius 3 is 2.42 bits per heavy atom. The lowest BCUT2D eigenvalue weighted by molar-refractivity contribution is -0.151. The standard InChI is InChI=1S/C15H22ClNO2/c1-5-19-14(18)15(4,17-10-11(2)3)12-6-8-13(16)9-7-12/h6-9,11,17H,5,10H2,1-4H3. The molecule has 0 aromatic heterocycles. The van der Waals surface area contributed by atoms with Crippen LogP contribution in [0.5, 0.6) is 0 Å². The van der Waals surface area contributed by atoms with Gasteiger partial charge < -0.3 is 4.74 Å². The first-order chi connectivity index (χ1) is 8.90. The topological polar surface area (TPSA) is 38.3 Å².